The van der Waals surface area contributed by atoms with Crippen molar-refractivity contribution in [3.63, 3.8) is 0 Å². The van der Waals surface area contributed by atoms with Crippen LogP contribution in [0.2, 0.25) is 0 Å². The van der Waals surface area contributed by atoms with Crippen molar-refractivity contribution in [1.82, 2.24) is 5.32 Å². The summed E-state index contributed by atoms with van der Waals surface area (Å²) in [4.78, 5) is 11.6. The van der Waals surface area contributed by atoms with Crippen LogP contribution >= 0.6 is 0 Å². The maximum Gasteiger partial charge on any atom is 0.289 e. The molecule has 0 radical (unpaired) electrons. The predicted molar refractivity (Wildman–Crippen MR) is 64.9 cm³/mol. The van der Waals surface area contributed by atoms with Crippen LogP contribution in [-0.4, -0.2) is 32.3 Å². The molecule has 1 aliphatic rings. The number of benzene rings is 1. The van der Waals surface area contributed by atoms with Gasteiger partial charge in [0.05, 0.1) is 6.54 Å². The van der Waals surface area contributed by atoms with Gasteiger partial charge in [-0.25, -0.2) is 0 Å². The first-order chi connectivity index (χ1) is 8.86. The average Bonchev–Trinajstić information content (AvgIpc) is 2.45. The Labute approximate surface area is 105 Å². The molecule has 0 atom stereocenters. The van der Waals surface area contributed by atoms with Gasteiger partial charge in [-0.1, -0.05) is 18.2 Å². The largest absolute Gasteiger partial charge is 0.494 e. The minimum absolute atomic E-state index is 0.209. The Hall–Kier alpha value is -2.17. The van der Waals surface area contributed by atoms with Crippen LogP contribution in [0, 0.1) is 0 Å². The summed E-state index contributed by atoms with van der Waals surface area (Å²) in [5.74, 6) is 0.704. The van der Waals surface area contributed by atoms with E-state index in [0.717, 1.165) is 5.75 Å². The third kappa shape index (κ3) is 3.69. The Bertz CT molecular complexity index is 416. The van der Waals surface area contributed by atoms with Crippen LogP contribution in [0.15, 0.2) is 42.4 Å². The second-order valence-corrected chi connectivity index (χ2v) is 3.62. The van der Waals surface area contributed by atoms with Crippen molar-refractivity contribution in [2.24, 2.45) is 0 Å². The normalized spacial score (nSPS) is 13.9. The lowest BCUT2D eigenvalue weighted by molar-refractivity contribution is -0.122. The zero-order chi connectivity index (χ0) is 12.6. The van der Waals surface area contributed by atoms with Crippen LogP contribution in [0.5, 0.6) is 5.75 Å². The number of rotatable bonds is 5. The monoisotopic (exact) mass is 249 g/mol. The number of amides is 1. The molecule has 1 amide bonds. The number of carbonyl (C=O) groups excluding carboxylic acids is 1. The van der Waals surface area contributed by atoms with Crippen LogP contribution in [-0.2, 0) is 14.3 Å². The van der Waals surface area contributed by atoms with E-state index in [-0.39, 0.29) is 11.7 Å². The van der Waals surface area contributed by atoms with E-state index in [1.807, 2.05) is 30.3 Å². The minimum atomic E-state index is -0.286. The molecule has 1 aromatic carbocycles. The van der Waals surface area contributed by atoms with Gasteiger partial charge in [-0.05, 0) is 12.1 Å². The molecule has 0 fully saturated rings. The lowest BCUT2D eigenvalue weighted by Gasteiger charge is -2.15. The van der Waals surface area contributed by atoms with E-state index in [4.69, 9.17) is 14.2 Å². The first kappa shape index (κ1) is 12.3. The van der Waals surface area contributed by atoms with E-state index in [1.165, 1.54) is 6.26 Å². The van der Waals surface area contributed by atoms with Crippen LogP contribution in [0.4, 0.5) is 0 Å². The van der Waals surface area contributed by atoms with Crippen LogP contribution in [0.25, 0.3) is 0 Å². The van der Waals surface area contributed by atoms with E-state index in [2.05, 4.69) is 5.32 Å². The van der Waals surface area contributed by atoms with Crippen LogP contribution in [0.1, 0.15) is 0 Å². The number of hydrogen-bond acceptors (Lipinski definition) is 4. The fraction of sp³-hybridized carbons (Fsp3) is 0.308. The van der Waals surface area contributed by atoms with Gasteiger partial charge in [0.1, 0.15) is 31.8 Å². The number of nitrogens with one attached hydrogen (secondary N) is 1. The number of hydrogen-bond donors (Lipinski definition) is 1. The van der Waals surface area contributed by atoms with E-state index >= 15 is 0 Å². The molecule has 0 spiro atoms. The smallest absolute Gasteiger partial charge is 0.289 e. The first-order valence-corrected chi connectivity index (χ1v) is 5.77. The molecule has 18 heavy (non-hydrogen) atoms. The molecule has 1 aliphatic heterocycles. The second-order valence-electron chi connectivity index (χ2n) is 3.62. The highest BCUT2D eigenvalue weighted by atomic mass is 16.6. The molecule has 5 nitrogen and oxygen atoms in total. The van der Waals surface area contributed by atoms with Gasteiger partial charge in [0.15, 0.2) is 0 Å². The van der Waals surface area contributed by atoms with Crippen molar-refractivity contribution >= 4 is 5.91 Å². The molecule has 2 rings (SSSR count). The van der Waals surface area contributed by atoms with Gasteiger partial charge < -0.3 is 19.5 Å². The Kier molecular flexibility index (Phi) is 4.46. The summed E-state index contributed by atoms with van der Waals surface area (Å²) in [6.07, 6.45) is 1.33. The van der Waals surface area contributed by atoms with Crippen molar-refractivity contribution in [2.75, 3.05) is 26.4 Å². The molecule has 0 saturated heterocycles. The quantitative estimate of drug-likeness (QED) is 0.793. The van der Waals surface area contributed by atoms with Gasteiger partial charge in [0, 0.05) is 0 Å². The summed E-state index contributed by atoms with van der Waals surface area (Å²) in [6, 6.07) is 9.43. The molecule has 0 aromatic heterocycles. The molecule has 1 heterocycles. The summed E-state index contributed by atoms with van der Waals surface area (Å²) in [5.41, 5.74) is 0. The lowest BCUT2D eigenvalue weighted by Crippen LogP contribution is -2.31. The maximum absolute atomic E-state index is 11.6. The summed E-state index contributed by atoms with van der Waals surface area (Å²) in [5, 5.41) is 2.69. The van der Waals surface area contributed by atoms with Crippen molar-refractivity contribution in [2.45, 2.75) is 0 Å². The van der Waals surface area contributed by atoms with Crippen molar-refractivity contribution in [3.05, 3.63) is 42.4 Å². The Balaban J connectivity index is 1.66. The molecular weight excluding hydrogens is 234 g/mol. The van der Waals surface area contributed by atoms with Crippen molar-refractivity contribution in [3.8, 4) is 5.75 Å². The molecule has 0 aliphatic carbocycles. The molecule has 96 valence electrons. The van der Waals surface area contributed by atoms with Gasteiger partial charge in [0.2, 0.25) is 5.76 Å². The first-order valence-electron chi connectivity index (χ1n) is 5.77. The molecule has 5 heteroatoms. The number of ether oxygens (including phenoxy) is 3. The minimum Gasteiger partial charge on any atom is -0.494 e. The van der Waals surface area contributed by atoms with Crippen LogP contribution < -0.4 is 10.1 Å². The molecule has 1 N–H and O–H groups in total. The summed E-state index contributed by atoms with van der Waals surface area (Å²) in [7, 11) is 0. The molecule has 0 saturated carbocycles. The Morgan fingerprint density at radius 2 is 2.11 bits per heavy atom. The lowest BCUT2D eigenvalue weighted by atomic mass is 10.3. The summed E-state index contributed by atoms with van der Waals surface area (Å²) < 4.78 is 15.6. The Morgan fingerprint density at radius 3 is 2.83 bits per heavy atom. The maximum atomic E-state index is 11.6. The van der Waals surface area contributed by atoms with Crippen molar-refractivity contribution in [1.29, 1.82) is 0 Å². The second kappa shape index (κ2) is 6.54. The summed E-state index contributed by atoms with van der Waals surface area (Å²) >= 11 is 0. The van der Waals surface area contributed by atoms with Gasteiger partial charge in [-0.2, -0.15) is 0 Å². The standard InChI is InChI=1S/C13H15NO4/c15-13(12-10-16-8-9-18-12)14-6-7-17-11-4-2-1-3-5-11/h1-5,10H,6-9H2,(H,14,15). The highest BCUT2D eigenvalue weighted by Crippen LogP contribution is 2.07. The SMILES string of the molecule is O=C(NCCOc1ccccc1)C1=COCCO1. The van der Waals surface area contributed by atoms with E-state index in [1.54, 1.807) is 0 Å². The highest BCUT2D eigenvalue weighted by Gasteiger charge is 2.13. The number of carbonyl (C=O) groups is 1. The summed E-state index contributed by atoms with van der Waals surface area (Å²) in [6.45, 7) is 1.70. The van der Waals surface area contributed by atoms with E-state index < -0.39 is 0 Å². The van der Waals surface area contributed by atoms with E-state index in [9.17, 15) is 4.79 Å². The molecule has 0 bridgehead atoms. The van der Waals surface area contributed by atoms with Gasteiger partial charge in [-0.3, -0.25) is 4.79 Å². The topological polar surface area (TPSA) is 56.8 Å². The number of para-hydroxylation sites is 1. The third-order valence-electron chi connectivity index (χ3n) is 2.27. The molecular formula is C13H15NO4. The van der Waals surface area contributed by atoms with Gasteiger partial charge in [-0.15, -0.1) is 0 Å². The van der Waals surface area contributed by atoms with E-state index in [0.29, 0.717) is 26.4 Å². The van der Waals surface area contributed by atoms with Crippen molar-refractivity contribution < 1.29 is 19.0 Å². The molecule has 1 aromatic rings. The fourth-order valence-corrected chi connectivity index (χ4v) is 1.42. The zero-order valence-corrected chi connectivity index (χ0v) is 9.93. The highest BCUT2D eigenvalue weighted by molar-refractivity contribution is 5.91. The molecule has 0 unspecified atom stereocenters. The van der Waals surface area contributed by atoms with Gasteiger partial charge in [0.25, 0.3) is 5.91 Å². The van der Waals surface area contributed by atoms with Crippen LogP contribution in [0.3, 0.4) is 0 Å². The third-order valence-corrected chi connectivity index (χ3v) is 2.27. The van der Waals surface area contributed by atoms with Gasteiger partial charge >= 0.3 is 0 Å². The zero-order valence-electron chi connectivity index (χ0n) is 9.93. The average molecular weight is 249 g/mol. The predicted octanol–water partition coefficient (Wildman–Crippen LogP) is 1.07. The Morgan fingerprint density at radius 1 is 1.28 bits per heavy atom. The fourth-order valence-electron chi connectivity index (χ4n) is 1.42.